The number of aliphatic hydroxyl groups excluding tert-OH is 1. The molecule has 0 aliphatic heterocycles. The van der Waals surface area contributed by atoms with Crippen LogP contribution in [0.2, 0.25) is 0 Å². The molecule has 0 aromatic heterocycles. The van der Waals surface area contributed by atoms with Gasteiger partial charge in [0.2, 0.25) is 0 Å². The molecule has 72 valence electrons. The molecule has 0 radical (unpaired) electrons. The van der Waals surface area contributed by atoms with Crippen LogP contribution in [0.3, 0.4) is 0 Å². The van der Waals surface area contributed by atoms with Gasteiger partial charge in [0, 0.05) is 0 Å². The second-order valence-electron chi connectivity index (χ2n) is 3.61. The minimum Gasteiger partial charge on any atom is -0.394 e. The van der Waals surface area contributed by atoms with Gasteiger partial charge in [0.1, 0.15) is 0 Å². The second-order valence-corrected chi connectivity index (χ2v) is 3.61. The number of hydrogen-bond acceptors (Lipinski definition) is 2. The van der Waals surface area contributed by atoms with Crippen molar-refractivity contribution in [2.45, 2.75) is 19.4 Å². The maximum Gasteiger partial charge on any atom is 0.0652 e. The Hall–Kier alpha value is -0.860. The van der Waals surface area contributed by atoms with Gasteiger partial charge in [0.25, 0.3) is 0 Å². The van der Waals surface area contributed by atoms with Crippen molar-refractivity contribution < 1.29 is 5.11 Å². The van der Waals surface area contributed by atoms with Crippen LogP contribution in [0.1, 0.15) is 18.1 Å². The van der Waals surface area contributed by atoms with Gasteiger partial charge < -0.3 is 10.4 Å². The molecule has 1 rings (SSSR count). The van der Waals surface area contributed by atoms with Crippen molar-refractivity contribution in [3.05, 3.63) is 35.4 Å². The predicted octanol–water partition coefficient (Wildman–Crippen LogP) is 1.42. The van der Waals surface area contributed by atoms with Crippen molar-refractivity contribution in [2.75, 3.05) is 13.7 Å². The molecule has 1 aromatic rings. The molecule has 13 heavy (non-hydrogen) atoms. The van der Waals surface area contributed by atoms with E-state index >= 15 is 0 Å². The van der Waals surface area contributed by atoms with E-state index in [1.54, 1.807) is 0 Å². The average Bonchev–Trinajstić information content (AvgIpc) is 2.18. The summed E-state index contributed by atoms with van der Waals surface area (Å²) in [4.78, 5) is 0. The van der Waals surface area contributed by atoms with Gasteiger partial charge in [-0.3, -0.25) is 0 Å². The van der Waals surface area contributed by atoms with Crippen molar-refractivity contribution in [3.63, 3.8) is 0 Å². The average molecular weight is 179 g/mol. The minimum atomic E-state index is -0.326. The Morgan fingerprint density at radius 3 is 2.23 bits per heavy atom. The summed E-state index contributed by atoms with van der Waals surface area (Å²) in [7, 11) is 1.86. The molecule has 0 aliphatic carbocycles. The summed E-state index contributed by atoms with van der Waals surface area (Å²) in [5, 5.41) is 12.4. The fourth-order valence-corrected chi connectivity index (χ4v) is 1.24. The number of aliphatic hydroxyl groups is 1. The SMILES string of the molecule is CNC(C)(CO)c1ccc(C)cc1. The van der Waals surface area contributed by atoms with Crippen molar-refractivity contribution in [1.82, 2.24) is 5.32 Å². The fraction of sp³-hybridized carbons (Fsp3) is 0.455. The van der Waals surface area contributed by atoms with Gasteiger partial charge in [0.05, 0.1) is 12.1 Å². The lowest BCUT2D eigenvalue weighted by molar-refractivity contribution is 0.183. The first-order valence-corrected chi connectivity index (χ1v) is 4.49. The van der Waals surface area contributed by atoms with Crippen LogP contribution >= 0.6 is 0 Å². The van der Waals surface area contributed by atoms with Crippen LogP contribution in [0, 0.1) is 6.92 Å². The van der Waals surface area contributed by atoms with Gasteiger partial charge >= 0.3 is 0 Å². The third-order valence-corrected chi connectivity index (χ3v) is 2.56. The number of rotatable bonds is 3. The van der Waals surface area contributed by atoms with E-state index in [0.717, 1.165) is 5.56 Å². The number of likely N-dealkylation sites (N-methyl/N-ethyl adjacent to an activating group) is 1. The van der Waals surface area contributed by atoms with E-state index in [0.29, 0.717) is 0 Å². The quantitative estimate of drug-likeness (QED) is 0.735. The van der Waals surface area contributed by atoms with Crippen LogP contribution in [0.15, 0.2) is 24.3 Å². The molecule has 1 unspecified atom stereocenters. The Bertz CT molecular complexity index is 262. The maximum absolute atomic E-state index is 9.25. The molecule has 1 atom stereocenters. The molecule has 2 heteroatoms. The van der Waals surface area contributed by atoms with Crippen molar-refractivity contribution >= 4 is 0 Å². The molecule has 0 heterocycles. The van der Waals surface area contributed by atoms with E-state index < -0.39 is 0 Å². The van der Waals surface area contributed by atoms with E-state index in [2.05, 4.69) is 24.4 Å². The molecule has 0 aliphatic rings. The topological polar surface area (TPSA) is 32.3 Å². The summed E-state index contributed by atoms with van der Waals surface area (Å²) < 4.78 is 0. The number of hydrogen-bond donors (Lipinski definition) is 2. The van der Waals surface area contributed by atoms with Crippen LogP contribution in [0.25, 0.3) is 0 Å². The highest BCUT2D eigenvalue weighted by Gasteiger charge is 2.22. The molecule has 2 nitrogen and oxygen atoms in total. The van der Waals surface area contributed by atoms with Gasteiger partial charge in [-0.25, -0.2) is 0 Å². The zero-order valence-corrected chi connectivity index (χ0v) is 8.46. The van der Waals surface area contributed by atoms with E-state index in [1.165, 1.54) is 5.56 Å². The molecule has 0 bridgehead atoms. The lowest BCUT2D eigenvalue weighted by Crippen LogP contribution is -2.40. The first kappa shape index (κ1) is 10.2. The monoisotopic (exact) mass is 179 g/mol. The molecular weight excluding hydrogens is 162 g/mol. The Morgan fingerprint density at radius 2 is 1.85 bits per heavy atom. The third-order valence-electron chi connectivity index (χ3n) is 2.56. The van der Waals surface area contributed by atoms with Crippen LogP contribution in [0.5, 0.6) is 0 Å². The first-order valence-electron chi connectivity index (χ1n) is 4.49. The van der Waals surface area contributed by atoms with Gasteiger partial charge in [-0.2, -0.15) is 0 Å². The lowest BCUT2D eigenvalue weighted by Gasteiger charge is -2.27. The normalized spacial score (nSPS) is 15.4. The summed E-state index contributed by atoms with van der Waals surface area (Å²) in [5.74, 6) is 0. The zero-order chi connectivity index (χ0) is 9.90. The molecule has 0 fully saturated rings. The van der Waals surface area contributed by atoms with E-state index in [9.17, 15) is 5.11 Å². The van der Waals surface area contributed by atoms with Crippen LogP contribution in [-0.4, -0.2) is 18.8 Å². The molecule has 1 aromatic carbocycles. The van der Waals surface area contributed by atoms with Crippen molar-refractivity contribution in [2.24, 2.45) is 0 Å². The molecule has 0 amide bonds. The summed E-state index contributed by atoms with van der Waals surface area (Å²) in [6.07, 6.45) is 0. The molecular formula is C11H17NO. The van der Waals surface area contributed by atoms with Gasteiger partial charge in [-0.05, 0) is 26.5 Å². The van der Waals surface area contributed by atoms with E-state index in [-0.39, 0.29) is 12.1 Å². The standard InChI is InChI=1S/C11H17NO/c1-9-4-6-10(7-5-9)11(2,8-13)12-3/h4-7,12-13H,8H2,1-3H3. The van der Waals surface area contributed by atoms with Crippen LogP contribution < -0.4 is 5.32 Å². The molecule has 0 saturated carbocycles. The Labute approximate surface area is 79.6 Å². The van der Waals surface area contributed by atoms with Gasteiger partial charge in [-0.1, -0.05) is 29.8 Å². The van der Waals surface area contributed by atoms with E-state index in [4.69, 9.17) is 0 Å². The lowest BCUT2D eigenvalue weighted by atomic mass is 9.92. The third kappa shape index (κ3) is 2.08. The fourth-order valence-electron chi connectivity index (χ4n) is 1.24. The summed E-state index contributed by atoms with van der Waals surface area (Å²) in [6.45, 7) is 4.14. The Balaban J connectivity index is 2.99. The van der Waals surface area contributed by atoms with E-state index in [1.807, 2.05) is 26.1 Å². The van der Waals surface area contributed by atoms with Crippen LogP contribution in [-0.2, 0) is 5.54 Å². The summed E-state index contributed by atoms with van der Waals surface area (Å²) in [5.41, 5.74) is 2.02. The second kappa shape index (κ2) is 3.90. The van der Waals surface area contributed by atoms with Crippen molar-refractivity contribution in [3.8, 4) is 0 Å². The highest BCUT2D eigenvalue weighted by Crippen LogP contribution is 2.19. The Kier molecular flexibility index (Phi) is 3.07. The summed E-state index contributed by atoms with van der Waals surface area (Å²) in [6, 6.07) is 8.20. The maximum atomic E-state index is 9.25. The van der Waals surface area contributed by atoms with Crippen molar-refractivity contribution in [1.29, 1.82) is 0 Å². The highest BCUT2D eigenvalue weighted by atomic mass is 16.3. The molecule has 0 saturated heterocycles. The Morgan fingerprint density at radius 1 is 1.31 bits per heavy atom. The van der Waals surface area contributed by atoms with Gasteiger partial charge in [0.15, 0.2) is 0 Å². The minimum absolute atomic E-state index is 0.104. The first-order chi connectivity index (χ1) is 6.12. The summed E-state index contributed by atoms with van der Waals surface area (Å²) >= 11 is 0. The van der Waals surface area contributed by atoms with Gasteiger partial charge in [-0.15, -0.1) is 0 Å². The smallest absolute Gasteiger partial charge is 0.0652 e. The number of nitrogens with one attached hydrogen (secondary N) is 1. The largest absolute Gasteiger partial charge is 0.394 e. The predicted molar refractivity (Wildman–Crippen MR) is 54.7 cm³/mol. The zero-order valence-electron chi connectivity index (χ0n) is 8.46. The molecule has 2 N–H and O–H groups in total. The van der Waals surface area contributed by atoms with Crippen LogP contribution in [0.4, 0.5) is 0 Å². The number of benzene rings is 1. The highest BCUT2D eigenvalue weighted by molar-refractivity contribution is 5.27. The number of aryl methyl sites for hydroxylation is 1. The molecule has 0 spiro atoms.